The molecule has 1 unspecified atom stereocenters. The highest BCUT2D eigenvalue weighted by atomic mass is 32.2. The number of benzene rings is 2. The molecule has 2 aromatic rings. The lowest BCUT2D eigenvalue weighted by Gasteiger charge is -2.28. The molecule has 0 saturated heterocycles. The Labute approximate surface area is 152 Å². The first kappa shape index (κ1) is 19.7. The fourth-order valence-electron chi connectivity index (χ4n) is 2.46. The van der Waals surface area contributed by atoms with E-state index in [2.05, 4.69) is 5.32 Å². The third-order valence-corrected chi connectivity index (χ3v) is 4.84. The van der Waals surface area contributed by atoms with Crippen LogP contribution in [0.4, 0.5) is 15.8 Å². The first-order valence-electron chi connectivity index (χ1n) is 8.01. The Morgan fingerprint density at radius 3 is 2.35 bits per heavy atom. The normalized spacial score (nSPS) is 12.3. The molecular formula is C18H21FN2O4S. The van der Waals surface area contributed by atoms with Gasteiger partial charge in [0.25, 0.3) is 0 Å². The van der Waals surface area contributed by atoms with Crippen molar-refractivity contribution >= 4 is 27.3 Å². The quantitative estimate of drug-likeness (QED) is 0.801. The number of para-hydroxylation sites is 1. The molecule has 0 aromatic heterocycles. The van der Waals surface area contributed by atoms with Crippen molar-refractivity contribution in [3.05, 3.63) is 54.3 Å². The zero-order valence-corrected chi connectivity index (χ0v) is 15.6. The van der Waals surface area contributed by atoms with Gasteiger partial charge >= 0.3 is 0 Å². The number of amides is 1. The molecule has 1 N–H and O–H groups in total. The van der Waals surface area contributed by atoms with Crippen molar-refractivity contribution in [2.75, 3.05) is 22.5 Å². The molecule has 0 aliphatic carbocycles. The molecule has 2 rings (SSSR count). The van der Waals surface area contributed by atoms with Crippen LogP contribution in [0.2, 0.25) is 0 Å². The number of anilines is 2. The topological polar surface area (TPSA) is 75.7 Å². The fraction of sp³-hybridized carbons (Fsp3) is 0.278. The number of hydrogen-bond donors (Lipinski definition) is 1. The maximum absolute atomic E-state index is 14.1. The molecule has 0 fully saturated rings. The standard InChI is InChI=1S/C18H21FN2O4S/c1-4-25-15-11-9-14(10-12-15)20-18(22)13(2)21(26(3,23)24)17-8-6-5-7-16(17)19/h5-13H,4H2,1-3H3,(H,20,22). The Balaban J connectivity index is 2.24. The second-order valence-electron chi connectivity index (χ2n) is 5.63. The van der Waals surface area contributed by atoms with Crippen LogP contribution in [-0.2, 0) is 14.8 Å². The molecular weight excluding hydrogens is 359 g/mol. The zero-order chi connectivity index (χ0) is 19.3. The van der Waals surface area contributed by atoms with Gasteiger partial charge in [-0.05, 0) is 50.2 Å². The summed E-state index contributed by atoms with van der Waals surface area (Å²) >= 11 is 0. The number of carbonyl (C=O) groups excluding carboxylic acids is 1. The predicted molar refractivity (Wildman–Crippen MR) is 99.4 cm³/mol. The maximum atomic E-state index is 14.1. The number of hydrogen-bond acceptors (Lipinski definition) is 4. The summed E-state index contributed by atoms with van der Waals surface area (Å²) < 4.78 is 44.5. The van der Waals surface area contributed by atoms with E-state index < -0.39 is 27.8 Å². The lowest BCUT2D eigenvalue weighted by molar-refractivity contribution is -0.116. The van der Waals surface area contributed by atoms with E-state index in [1.54, 1.807) is 24.3 Å². The summed E-state index contributed by atoms with van der Waals surface area (Å²) in [5, 5.41) is 2.63. The fourth-order valence-corrected chi connectivity index (χ4v) is 3.63. The van der Waals surface area contributed by atoms with E-state index in [0.717, 1.165) is 16.6 Å². The Morgan fingerprint density at radius 1 is 1.19 bits per heavy atom. The van der Waals surface area contributed by atoms with Gasteiger partial charge in [-0.3, -0.25) is 9.10 Å². The third-order valence-electron chi connectivity index (χ3n) is 3.61. The van der Waals surface area contributed by atoms with Crippen LogP contribution in [0.3, 0.4) is 0 Å². The van der Waals surface area contributed by atoms with Crippen LogP contribution in [0.15, 0.2) is 48.5 Å². The third kappa shape index (κ3) is 4.72. The average Bonchev–Trinajstić information content (AvgIpc) is 2.57. The second kappa shape index (κ2) is 8.18. The van der Waals surface area contributed by atoms with Gasteiger partial charge in [0.2, 0.25) is 15.9 Å². The summed E-state index contributed by atoms with van der Waals surface area (Å²) in [6.07, 6.45) is 0.931. The van der Waals surface area contributed by atoms with Gasteiger partial charge in [0.1, 0.15) is 17.6 Å². The highest BCUT2D eigenvalue weighted by molar-refractivity contribution is 7.92. The molecule has 26 heavy (non-hydrogen) atoms. The predicted octanol–water partition coefficient (Wildman–Crippen LogP) is 3.02. The van der Waals surface area contributed by atoms with E-state index in [0.29, 0.717) is 18.0 Å². The Hall–Kier alpha value is -2.61. The van der Waals surface area contributed by atoms with E-state index in [1.807, 2.05) is 6.92 Å². The number of rotatable bonds is 7. The number of sulfonamides is 1. The monoisotopic (exact) mass is 380 g/mol. The minimum Gasteiger partial charge on any atom is -0.494 e. The number of nitrogens with one attached hydrogen (secondary N) is 1. The Bertz CT molecular complexity index is 869. The second-order valence-corrected chi connectivity index (χ2v) is 7.49. The molecule has 6 nitrogen and oxygen atoms in total. The van der Waals surface area contributed by atoms with Crippen LogP contribution >= 0.6 is 0 Å². The number of halogens is 1. The van der Waals surface area contributed by atoms with Gasteiger partial charge in [-0.1, -0.05) is 12.1 Å². The van der Waals surface area contributed by atoms with Crippen LogP contribution < -0.4 is 14.4 Å². The maximum Gasteiger partial charge on any atom is 0.247 e. The molecule has 0 saturated carbocycles. The van der Waals surface area contributed by atoms with E-state index in [1.165, 1.54) is 25.1 Å². The van der Waals surface area contributed by atoms with Gasteiger partial charge in [-0.2, -0.15) is 0 Å². The van der Waals surface area contributed by atoms with Gasteiger partial charge in [0.05, 0.1) is 18.6 Å². The minimum atomic E-state index is -3.88. The summed E-state index contributed by atoms with van der Waals surface area (Å²) in [6.45, 7) is 3.78. The molecule has 1 atom stereocenters. The first-order valence-corrected chi connectivity index (χ1v) is 9.86. The van der Waals surface area contributed by atoms with Crippen LogP contribution in [0.1, 0.15) is 13.8 Å². The largest absolute Gasteiger partial charge is 0.494 e. The van der Waals surface area contributed by atoms with Gasteiger partial charge in [0, 0.05) is 5.69 Å². The lowest BCUT2D eigenvalue weighted by atomic mass is 10.2. The van der Waals surface area contributed by atoms with E-state index in [-0.39, 0.29) is 5.69 Å². The SMILES string of the molecule is CCOc1ccc(NC(=O)C(C)N(c2ccccc2F)S(C)(=O)=O)cc1. The molecule has 1 amide bonds. The highest BCUT2D eigenvalue weighted by Gasteiger charge is 2.30. The van der Waals surface area contributed by atoms with Gasteiger partial charge in [-0.15, -0.1) is 0 Å². The highest BCUT2D eigenvalue weighted by Crippen LogP contribution is 2.25. The summed E-state index contributed by atoms with van der Waals surface area (Å²) in [5.41, 5.74) is 0.302. The minimum absolute atomic E-state index is 0.177. The van der Waals surface area contributed by atoms with E-state index >= 15 is 0 Å². The van der Waals surface area contributed by atoms with E-state index in [4.69, 9.17) is 4.74 Å². The Kier molecular flexibility index (Phi) is 6.20. The van der Waals surface area contributed by atoms with E-state index in [9.17, 15) is 17.6 Å². The molecule has 0 bridgehead atoms. The van der Waals surface area contributed by atoms with Crippen molar-refractivity contribution in [1.82, 2.24) is 0 Å². The zero-order valence-electron chi connectivity index (χ0n) is 14.8. The molecule has 140 valence electrons. The van der Waals surface area contributed by atoms with Crippen LogP contribution in [-0.4, -0.2) is 33.2 Å². The van der Waals surface area contributed by atoms with Crippen LogP contribution in [0.25, 0.3) is 0 Å². The molecule has 0 aliphatic rings. The van der Waals surface area contributed by atoms with Crippen molar-refractivity contribution in [2.45, 2.75) is 19.9 Å². The number of nitrogens with zero attached hydrogens (tertiary/aromatic N) is 1. The van der Waals surface area contributed by atoms with Gasteiger partial charge in [0.15, 0.2) is 0 Å². The Morgan fingerprint density at radius 2 is 1.81 bits per heavy atom. The van der Waals surface area contributed by atoms with Crippen molar-refractivity contribution in [1.29, 1.82) is 0 Å². The average molecular weight is 380 g/mol. The summed E-state index contributed by atoms with van der Waals surface area (Å²) in [7, 11) is -3.88. The summed E-state index contributed by atoms with van der Waals surface area (Å²) in [6, 6.07) is 10.9. The van der Waals surface area contributed by atoms with Gasteiger partial charge in [-0.25, -0.2) is 12.8 Å². The van der Waals surface area contributed by atoms with Crippen molar-refractivity contribution in [3.8, 4) is 5.75 Å². The lowest BCUT2D eigenvalue weighted by Crippen LogP contribution is -2.45. The van der Waals surface area contributed by atoms with Crippen molar-refractivity contribution < 1.29 is 22.3 Å². The number of carbonyl (C=O) groups is 1. The van der Waals surface area contributed by atoms with Crippen LogP contribution in [0, 0.1) is 5.82 Å². The number of ether oxygens (including phenoxy) is 1. The van der Waals surface area contributed by atoms with Crippen LogP contribution in [0.5, 0.6) is 5.75 Å². The molecule has 0 aliphatic heterocycles. The summed E-state index contributed by atoms with van der Waals surface area (Å²) in [4.78, 5) is 12.5. The molecule has 0 spiro atoms. The van der Waals surface area contributed by atoms with Crippen molar-refractivity contribution in [2.24, 2.45) is 0 Å². The summed E-state index contributed by atoms with van der Waals surface area (Å²) in [5.74, 6) is -0.649. The molecule has 0 radical (unpaired) electrons. The molecule has 2 aromatic carbocycles. The van der Waals surface area contributed by atoms with Gasteiger partial charge < -0.3 is 10.1 Å². The molecule has 0 heterocycles. The molecule has 8 heteroatoms. The smallest absolute Gasteiger partial charge is 0.247 e. The first-order chi connectivity index (χ1) is 12.2. The van der Waals surface area contributed by atoms with Crippen molar-refractivity contribution in [3.63, 3.8) is 0 Å².